The van der Waals surface area contributed by atoms with Crippen LogP contribution in [0.1, 0.15) is 27.9 Å². The molecule has 1 aliphatic rings. The first-order valence-electron chi connectivity index (χ1n) is 8.29. The Morgan fingerprint density at radius 2 is 1.80 bits per heavy atom. The van der Waals surface area contributed by atoms with E-state index in [4.69, 9.17) is 5.73 Å². The molecule has 1 aromatic heterocycles. The van der Waals surface area contributed by atoms with Gasteiger partial charge >= 0.3 is 0 Å². The van der Waals surface area contributed by atoms with Gasteiger partial charge in [0, 0.05) is 18.5 Å². The summed E-state index contributed by atoms with van der Waals surface area (Å²) in [4.78, 5) is 8.62. The minimum Gasteiger partial charge on any atom is -0.504 e. The normalized spacial score (nSPS) is 12.8. The van der Waals surface area contributed by atoms with Crippen LogP contribution >= 0.6 is 0 Å². The van der Waals surface area contributed by atoms with Crippen LogP contribution in [0.2, 0.25) is 0 Å². The first-order valence-corrected chi connectivity index (χ1v) is 8.29. The number of hydrogen-bond acceptors (Lipinski definition) is 4. The molecule has 3 aromatic rings. The summed E-state index contributed by atoms with van der Waals surface area (Å²) >= 11 is 0. The molecule has 2 aromatic carbocycles. The van der Waals surface area contributed by atoms with Crippen molar-refractivity contribution in [2.45, 2.75) is 19.9 Å². The monoisotopic (exact) mass is 329 g/mol. The van der Waals surface area contributed by atoms with Gasteiger partial charge in [-0.25, -0.2) is 9.97 Å². The van der Waals surface area contributed by atoms with Crippen LogP contribution in [0.15, 0.2) is 48.8 Å². The van der Waals surface area contributed by atoms with Crippen molar-refractivity contribution < 1.29 is 5.11 Å². The summed E-state index contributed by atoms with van der Waals surface area (Å²) in [7, 11) is 0. The van der Waals surface area contributed by atoms with Crippen molar-refractivity contribution in [3.05, 3.63) is 76.7 Å². The van der Waals surface area contributed by atoms with Gasteiger partial charge in [-0.05, 0) is 35.3 Å². The van der Waals surface area contributed by atoms with E-state index in [9.17, 15) is 5.11 Å². The first-order chi connectivity index (χ1) is 12.2. The summed E-state index contributed by atoms with van der Waals surface area (Å²) in [5.74, 6) is 0.129. The van der Waals surface area contributed by atoms with E-state index in [1.54, 1.807) is 0 Å². The Morgan fingerprint density at radius 3 is 2.56 bits per heavy atom. The molecule has 0 saturated carbocycles. The van der Waals surface area contributed by atoms with Crippen molar-refractivity contribution in [2.24, 2.45) is 5.73 Å². The lowest BCUT2D eigenvalue weighted by molar-refractivity contribution is 0.470. The molecule has 0 spiro atoms. The zero-order chi connectivity index (χ0) is 17.4. The van der Waals surface area contributed by atoms with E-state index in [0.717, 1.165) is 28.7 Å². The fourth-order valence-electron chi connectivity index (χ4n) is 3.20. The van der Waals surface area contributed by atoms with Gasteiger partial charge in [0.05, 0.1) is 0 Å². The van der Waals surface area contributed by atoms with Crippen molar-refractivity contribution in [2.75, 3.05) is 0 Å². The Labute approximate surface area is 146 Å². The molecule has 0 atom stereocenters. The number of rotatable bonds is 3. The molecule has 25 heavy (non-hydrogen) atoms. The molecule has 4 rings (SSSR count). The maximum absolute atomic E-state index is 10.8. The van der Waals surface area contributed by atoms with Crippen molar-refractivity contribution >= 4 is 11.6 Å². The van der Waals surface area contributed by atoms with Crippen LogP contribution < -0.4 is 5.73 Å². The third kappa shape index (κ3) is 2.81. The molecular weight excluding hydrogens is 310 g/mol. The summed E-state index contributed by atoms with van der Waals surface area (Å²) in [6.07, 6.45) is 4.34. The number of benzene rings is 2. The molecule has 0 aliphatic heterocycles. The maximum Gasteiger partial charge on any atom is 0.168 e. The Kier molecular flexibility index (Phi) is 3.82. The van der Waals surface area contributed by atoms with E-state index in [0.29, 0.717) is 17.9 Å². The van der Waals surface area contributed by atoms with Crippen LogP contribution in [-0.4, -0.2) is 15.1 Å². The number of nitrogens with two attached hydrogens (primary N) is 1. The highest BCUT2D eigenvalue weighted by Gasteiger charge is 2.20. The van der Waals surface area contributed by atoms with Gasteiger partial charge in [-0.15, -0.1) is 0 Å². The summed E-state index contributed by atoms with van der Waals surface area (Å²) in [5, 5.41) is 10.8. The van der Waals surface area contributed by atoms with Gasteiger partial charge in [-0.1, -0.05) is 48.0 Å². The zero-order valence-electron chi connectivity index (χ0n) is 14.0. The standard InChI is InChI=1S/C21H19N3O/c1-13-2-5-15(6-3-13)19-21(25)20(24-12-23-19)18-9-16-7-4-14(11-22)8-17(16)10-18/h2-8,10,12,25H,9,11,22H2,1H3. The molecule has 3 N–H and O–H groups in total. The quantitative estimate of drug-likeness (QED) is 0.768. The van der Waals surface area contributed by atoms with Gasteiger partial charge in [-0.3, -0.25) is 0 Å². The van der Waals surface area contributed by atoms with E-state index in [-0.39, 0.29) is 5.75 Å². The number of allylic oxidation sites excluding steroid dienone is 1. The van der Waals surface area contributed by atoms with E-state index in [1.807, 2.05) is 37.3 Å². The van der Waals surface area contributed by atoms with Crippen LogP contribution in [0.25, 0.3) is 22.9 Å². The molecule has 4 heteroatoms. The van der Waals surface area contributed by atoms with E-state index >= 15 is 0 Å². The Morgan fingerprint density at radius 1 is 1.04 bits per heavy atom. The van der Waals surface area contributed by atoms with Crippen LogP contribution in [0.5, 0.6) is 5.75 Å². The van der Waals surface area contributed by atoms with Crippen molar-refractivity contribution in [3.8, 4) is 17.0 Å². The van der Waals surface area contributed by atoms with Gasteiger partial charge < -0.3 is 10.8 Å². The molecule has 0 unspecified atom stereocenters. The average molecular weight is 329 g/mol. The van der Waals surface area contributed by atoms with E-state index in [2.05, 4.69) is 28.2 Å². The molecular formula is C21H19N3O. The Bertz CT molecular complexity index is 975. The van der Waals surface area contributed by atoms with Crippen molar-refractivity contribution in [3.63, 3.8) is 0 Å². The smallest absolute Gasteiger partial charge is 0.168 e. The number of hydrogen-bond donors (Lipinski definition) is 2. The number of aryl methyl sites for hydroxylation is 1. The first kappa shape index (κ1) is 15.5. The summed E-state index contributed by atoms with van der Waals surface area (Å²) in [6, 6.07) is 14.2. The van der Waals surface area contributed by atoms with Gasteiger partial charge in [0.15, 0.2) is 5.75 Å². The summed E-state index contributed by atoms with van der Waals surface area (Å²) in [6.45, 7) is 2.55. The van der Waals surface area contributed by atoms with Crippen LogP contribution in [-0.2, 0) is 13.0 Å². The fraction of sp³-hybridized carbons (Fsp3) is 0.143. The predicted octanol–water partition coefficient (Wildman–Crippen LogP) is 3.71. The predicted molar refractivity (Wildman–Crippen MR) is 99.8 cm³/mol. The third-order valence-corrected chi connectivity index (χ3v) is 4.61. The Balaban J connectivity index is 1.75. The largest absolute Gasteiger partial charge is 0.504 e. The van der Waals surface area contributed by atoms with Gasteiger partial charge in [-0.2, -0.15) is 0 Å². The second-order valence-corrected chi connectivity index (χ2v) is 6.37. The maximum atomic E-state index is 10.8. The highest BCUT2D eigenvalue weighted by Crippen LogP contribution is 2.38. The molecule has 0 radical (unpaired) electrons. The molecule has 0 amide bonds. The van der Waals surface area contributed by atoms with Gasteiger partial charge in [0.1, 0.15) is 17.7 Å². The average Bonchev–Trinajstić information content (AvgIpc) is 3.05. The van der Waals surface area contributed by atoms with E-state index < -0.39 is 0 Å². The fourth-order valence-corrected chi connectivity index (χ4v) is 3.20. The topological polar surface area (TPSA) is 72.0 Å². The Hall–Kier alpha value is -2.98. The third-order valence-electron chi connectivity index (χ3n) is 4.61. The molecule has 0 fully saturated rings. The minimum absolute atomic E-state index is 0.129. The van der Waals surface area contributed by atoms with Gasteiger partial charge in [0.25, 0.3) is 0 Å². The van der Waals surface area contributed by atoms with Crippen molar-refractivity contribution in [1.82, 2.24) is 9.97 Å². The molecule has 124 valence electrons. The number of aromatic nitrogens is 2. The number of nitrogens with zero attached hydrogens (tertiary/aromatic N) is 2. The van der Waals surface area contributed by atoms with Gasteiger partial charge in [0.2, 0.25) is 0 Å². The molecule has 4 nitrogen and oxygen atoms in total. The highest BCUT2D eigenvalue weighted by molar-refractivity contribution is 5.90. The second-order valence-electron chi connectivity index (χ2n) is 6.37. The lowest BCUT2D eigenvalue weighted by Crippen LogP contribution is -1.97. The molecule has 1 aliphatic carbocycles. The van der Waals surface area contributed by atoms with Crippen molar-refractivity contribution in [1.29, 1.82) is 0 Å². The van der Waals surface area contributed by atoms with Crippen LogP contribution in [0, 0.1) is 6.92 Å². The zero-order valence-corrected chi connectivity index (χ0v) is 14.0. The molecule has 1 heterocycles. The van der Waals surface area contributed by atoms with Crippen LogP contribution in [0.3, 0.4) is 0 Å². The SMILES string of the molecule is Cc1ccc(-c2ncnc(C3=Cc4cc(CN)ccc4C3)c2O)cc1. The minimum atomic E-state index is 0.129. The van der Waals surface area contributed by atoms with E-state index in [1.165, 1.54) is 17.5 Å². The molecule has 0 bridgehead atoms. The number of fused-ring (bicyclic) bond motifs is 1. The number of aromatic hydroxyl groups is 1. The van der Waals surface area contributed by atoms with Crippen LogP contribution in [0.4, 0.5) is 0 Å². The lowest BCUT2D eigenvalue weighted by atomic mass is 10.0. The summed E-state index contributed by atoms with van der Waals surface area (Å²) < 4.78 is 0. The summed E-state index contributed by atoms with van der Waals surface area (Å²) in [5.41, 5.74) is 13.4. The lowest BCUT2D eigenvalue weighted by Gasteiger charge is -2.09. The highest BCUT2D eigenvalue weighted by atomic mass is 16.3. The molecule has 0 saturated heterocycles. The second kappa shape index (κ2) is 6.15.